The minimum atomic E-state index is -0.0270. The fourth-order valence-corrected chi connectivity index (χ4v) is 6.76. The minimum Gasteiger partial charge on any atom is -0.490 e. The van der Waals surface area contributed by atoms with Crippen LogP contribution in [0, 0.1) is 0 Å². The largest absolute Gasteiger partial charge is 0.490 e. The Morgan fingerprint density at radius 3 is 1.96 bits per heavy atom. The van der Waals surface area contributed by atoms with Crippen LogP contribution in [-0.2, 0) is 6.54 Å². The quantitative estimate of drug-likeness (QED) is 0.179. The zero-order valence-electron chi connectivity index (χ0n) is 27.0. The number of amides is 1. The Morgan fingerprint density at radius 2 is 1.30 bits per heavy atom. The van der Waals surface area contributed by atoms with Crippen LogP contribution >= 0.6 is 0 Å². The normalized spacial score (nSPS) is 16.8. The molecule has 6 heteroatoms. The molecule has 0 bridgehead atoms. The lowest BCUT2D eigenvalue weighted by Crippen LogP contribution is -2.46. The summed E-state index contributed by atoms with van der Waals surface area (Å²) in [6.07, 6.45) is 3.07. The van der Waals surface area contributed by atoms with Crippen LogP contribution < -0.4 is 10.1 Å². The Bertz CT molecular complexity index is 1430. The molecule has 0 saturated carbocycles. The van der Waals surface area contributed by atoms with Gasteiger partial charge >= 0.3 is 0 Å². The molecule has 2 saturated heterocycles. The van der Waals surface area contributed by atoms with Crippen molar-refractivity contribution in [3.63, 3.8) is 0 Å². The summed E-state index contributed by atoms with van der Waals surface area (Å²) in [5.74, 6) is 1.11. The molecule has 6 nitrogen and oxygen atoms in total. The predicted octanol–water partition coefficient (Wildman–Crippen LogP) is 6.30. The molecule has 4 aromatic rings. The van der Waals surface area contributed by atoms with Gasteiger partial charge in [0, 0.05) is 70.4 Å². The summed E-state index contributed by atoms with van der Waals surface area (Å²) in [6.45, 7) is 10.1. The molecule has 2 aliphatic rings. The molecule has 2 fully saturated rings. The van der Waals surface area contributed by atoms with E-state index in [9.17, 15) is 4.79 Å². The summed E-state index contributed by atoms with van der Waals surface area (Å²) in [5, 5.41) is 3.12. The number of carbonyl (C=O) groups excluding carboxylic acids is 1. The van der Waals surface area contributed by atoms with Crippen LogP contribution in [0.2, 0.25) is 0 Å². The Balaban J connectivity index is 0.905. The first-order valence-electron chi connectivity index (χ1n) is 17.1. The second kappa shape index (κ2) is 16.5. The third-order valence-electron chi connectivity index (χ3n) is 9.43. The summed E-state index contributed by atoms with van der Waals surface area (Å²) < 4.78 is 6.40. The van der Waals surface area contributed by atoms with E-state index in [0.29, 0.717) is 18.0 Å². The van der Waals surface area contributed by atoms with Crippen molar-refractivity contribution in [2.24, 2.45) is 0 Å². The van der Waals surface area contributed by atoms with Crippen LogP contribution in [0.25, 0.3) is 0 Å². The van der Waals surface area contributed by atoms with Gasteiger partial charge in [-0.1, -0.05) is 97.1 Å². The number of likely N-dealkylation sites (tertiary alicyclic amines) is 1. The van der Waals surface area contributed by atoms with Crippen LogP contribution in [0.4, 0.5) is 0 Å². The van der Waals surface area contributed by atoms with Gasteiger partial charge in [-0.3, -0.25) is 9.69 Å². The van der Waals surface area contributed by atoms with Crippen LogP contribution in [-0.4, -0.2) is 85.6 Å². The number of benzene rings is 4. The molecule has 0 aromatic heterocycles. The van der Waals surface area contributed by atoms with Crippen molar-refractivity contribution in [2.45, 2.75) is 37.8 Å². The maximum atomic E-state index is 12.9. The number of hydrogen-bond acceptors (Lipinski definition) is 5. The van der Waals surface area contributed by atoms with Gasteiger partial charge in [-0.25, -0.2) is 0 Å². The first-order chi connectivity index (χ1) is 22.7. The van der Waals surface area contributed by atoms with Crippen molar-refractivity contribution < 1.29 is 9.53 Å². The monoisotopic (exact) mass is 616 g/mol. The predicted molar refractivity (Wildman–Crippen MR) is 186 cm³/mol. The summed E-state index contributed by atoms with van der Waals surface area (Å²) in [5.41, 5.74) is 4.77. The Kier molecular flexibility index (Phi) is 11.5. The molecular formula is C40H48N4O2. The van der Waals surface area contributed by atoms with Gasteiger partial charge in [0.15, 0.2) is 0 Å². The number of carbonyl (C=O) groups is 1. The summed E-state index contributed by atoms with van der Waals surface area (Å²) in [4.78, 5) is 20.5. The van der Waals surface area contributed by atoms with Crippen LogP contribution in [0.15, 0.2) is 115 Å². The average molecular weight is 617 g/mol. The van der Waals surface area contributed by atoms with Crippen molar-refractivity contribution in [3.8, 4) is 5.75 Å². The maximum Gasteiger partial charge on any atom is 0.251 e. The van der Waals surface area contributed by atoms with Gasteiger partial charge in [-0.2, -0.15) is 0 Å². The van der Waals surface area contributed by atoms with Crippen LogP contribution in [0.5, 0.6) is 5.75 Å². The third-order valence-corrected chi connectivity index (χ3v) is 9.43. The van der Waals surface area contributed by atoms with E-state index in [1.54, 1.807) is 0 Å². The number of rotatable bonds is 13. The molecule has 4 aromatic carbocycles. The number of piperazine rings is 1. The lowest BCUT2D eigenvalue weighted by Gasteiger charge is -2.34. The lowest BCUT2D eigenvalue weighted by atomic mass is 9.90. The Hall–Kier alpha value is -3.97. The third kappa shape index (κ3) is 9.29. The number of ether oxygens (including phenoxy) is 1. The van der Waals surface area contributed by atoms with E-state index in [1.807, 2.05) is 24.3 Å². The fraction of sp³-hybridized carbons (Fsp3) is 0.375. The molecule has 0 radical (unpaired) electrons. The van der Waals surface area contributed by atoms with E-state index in [2.05, 4.69) is 111 Å². The summed E-state index contributed by atoms with van der Waals surface area (Å²) in [6, 6.07) is 40.1. The second-order valence-electron chi connectivity index (χ2n) is 12.7. The smallest absolute Gasteiger partial charge is 0.251 e. The van der Waals surface area contributed by atoms with Crippen molar-refractivity contribution in [1.82, 2.24) is 20.0 Å². The maximum absolute atomic E-state index is 12.9. The highest BCUT2D eigenvalue weighted by molar-refractivity contribution is 5.94. The van der Waals surface area contributed by atoms with Crippen LogP contribution in [0.3, 0.4) is 0 Å². The van der Waals surface area contributed by atoms with Crippen molar-refractivity contribution in [1.29, 1.82) is 0 Å². The molecule has 0 aliphatic carbocycles. The van der Waals surface area contributed by atoms with Gasteiger partial charge in [0.25, 0.3) is 5.91 Å². The highest BCUT2D eigenvalue weighted by atomic mass is 16.5. The first-order valence-corrected chi connectivity index (χ1v) is 17.1. The molecule has 0 unspecified atom stereocenters. The van der Waals surface area contributed by atoms with E-state index >= 15 is 0 Å². The number of piperidine rings is 1. The van der Waals surface area contributed by atoms with Crippen molar-refractivity contribution >= 4 is 5.91 Å². The molecule has 1 amide bonds. The molecule has 0 atom stereocenters. The zero-order valence-corrected chi connectivity index (χ0v) is 27.0. The van der Waals surface area contributed by atoms with E-state index in [4.69, 9.17) is 4.74 Å². The van der Waals surface area contributed by atoms with E-state index in [0.717, 1.165) is 83.9 Å². The molecule has 6 rings (SSSR count). The van der Waals surface area contributed by atoms with Gasteiger partial charge in [0.1, 0.15) is 11.9 Å². The van der Waals surface area contributed by atoms with Gasteiger partial charge in [-0.15, -0.1) is 0 Å². The second-order valence-corrected chi connectivity index (χ2v) is 12.7. The minimum absolute atomic E-state index is 0.0270. The zero-order chi connectivity index (χ0) is 31.4. The Labute approximate surface area is 275 Å². The number of nitrogens with zero attached hydrogens (tertiary/aromatic N) is 3. The van der Waals surface area contributed by atoms with Gasteiger partial charge < -0.3 is 19.9 Å². The molecule has 1 N–H and O–H groups in total. The number of hydrogen-bond donors (Lipinski definition) is 1. The Morgan fingerprint density at radius 1 is 0.696 bits per heavy atom. The van der Waals surface area contributed by atoms with Gasteiger partial charge in [-0.05, 0) is 60.7 Å². The molecule has 2 aliphatic heterocycles. The number of nitrogens with one attached hydrogen (secondary N) is 1. The van der Waals surface area contributed by atoms with Gasteiger partial charge in [0.05, 0.1) is 0 Å². The molecule has 240 valence electrons. The summed E-state index contributed by atoms with van der Waals surface area (Å²) in [7, 11) is 0. The van der Waals surface area contributed by atoms with Crippen molar-refractivity contribution in [2.75, 3.05) is 58.9 Å². The summed E-state index contributed by atoms with van der Waals surface area (Å²) >= 11 is 0. The highest BCUT2D eigenvalue weighted by Crippen LogP contribution is 2.28. The molecule has 46 heavy (non-hydrogen) atoms. The molecular weight excluding hydrogens is 568 g/mol. The van der Waals surface area contributed by atoms with E-state index in [1.165, 1.54) is 16.7 Å². The average Bonchev–Trinajstić information content (AvgIpc) is 3.12. The van der Waals surface area contributed by atoms with E-state index < -0.39 is 0 Å². The SMILES string of the molecule is O=C(NCCCN1CCN(Cc2ccccc2)CC1)c1cccc(OC2CCN(CC(c3ccccc3)c3ccccc3)CC2)c1. The molecule has 2 heterocycles. The highest BCUT2D eigenvalue weighted by Gasteiger charge is 2.25. The van der Waals surface area contributed by atoms with E-state index in [-0.39, 0.29) is 12.0 Å². The topological polar surface area (TPSA) is 48.1 Å². The fourth-order valence-electron chi connectivity index (χ4n) is 6.76. The van der Waals surface area contributed by atoms with Crippen molar-refractivity contribution in [3.05, 3.63) is 138 Å². The molecule has 0 spiro atoms. The first kappa shape index (κ1) is 32.0. The lowest BCUT2D eigenvalue weighted by molar-refractivity contribution is 0.0936. The standard InChI is InChI=1S/C40H48N4O2/c45-40(41-22-11-23-42-26-28-44(29-27-42)31-33-12-4-1-5-13-33)36-18-10-19-38(30-36)46-37-20-24-43(25-21-37)32-39(34-14-6-2-7-15-34)35-16-8-3-9-17-35/h1-10,12-19,30,37,39H,11,20-29,31-32H2,(H,41,45). The van der Waals surface area contributed by atoms with Crippen LogP contribution in [0.1, 0.15) is 52.2 Å². The van der Waals surface area contributed by atoms with Gasteiger partial charge in [0.2, 0.25) is 0 Å².